The monoisotopic (exact) mass is 268 g/mol. The van der Waals surface area contributed by atoms with Crippen LogP contribution in [0.3, 0.4) is 0 Å². The summed E-state index contributed by atoms with van der Waals surface area (Å²) in [6.45, 7) is 0. The molecule has 0 atom stereocenters. The maximum Gasteiger partial charge on any atom is 0.574 e. The van der Waals surface area contributed by atoms with E-state index in [0.29, 0.717) is 6.20 Å². The van der Waals surface area contributed by atoms with Gasteiger partial charge in [-0.05, 0) is 0 Å². The van der Waals surface area contributed by atoms with Crippen LogP contribution in [0.5, 0.6) is 5.88 Å². The Hall–Kier alpha value is -2.11. The third-order valence-corrected chi connectivity index (χ3v) is 1.88. The number of halogens is 5. The van der Waals surface area contributed by atoms with Gasteiger partial charge in [-0.15, -0.1) is 13.2 Å². The molecule has 0 unspecified atom stereocenters. The number of aromatic nitrogens is 1. The van der Waals surface area contributed by atoms with Gasteiger partial charge in [-0.2, -0.15) is 5.26 Å². The lowest BCUT2D eigenvalue weighted by molar-refractivity contribution is -0.276. The summed E-state index contributed by atoms with van der Waals surface area (Å²) in [4.78, 5) is 13.2. The molecular weight excluding hydrogens is 263 g/mol. The van der Waals surface area contributed by atoms with Gasteiger partial charge in [-0.1, -0.05) is 0 Å². The Bertz CT molecular complexity index is 529. The Balaban J connectivity index is 3.33. The zero-order chi connectivity index (χ0) is 13.9. The molecule has 1 aromatic rings. The highest BCUT2D eigenvalue weighted by Gasteiger charge is 2.33. The van der Waals surface area contributed by atoms with E-state index in [1.54, 1.807) is 4.98 Å². The minimum atomic E-state index is -5.10. The van der Waals surface area contributed by atoms with Crippen LogP contribution in [-0.4, -0.2) is 11.3 Å². The van der Waals surface area contributed by atoms with Crippen molar-refractivity contribution in [3.05, 3.63) is 27.5 Å². The maximum absolute atomic E-state index is 12.4. The number of hydrogen-bond acceptors (Lipinski definition) is 3. The number of ether oxygens (including phenoxy) is 1. The second-order valence-corrected chi connectivity index (χ2v) is 3.06. The summed E-state index contributed by atoms with van der Waals surface area (Å²) >= 11 is 0. The van der Waals surface area contributed by atoms with Gasteiger partial charge in [0.2, 0.25) is 5.88 Å². The molecule has 0 aliphatic carbocycles. The van der Waals surface area contributed by atoms with Crippen molar-refractivity contribution in [2.75, 3.05) is 0 Å². The number of nitrogens with one attached hydrogen (secondary N) is 1. The van der Waals surface area contributed by atoms with Gasteiger partial charge in [0.05, 0.1) is 23.6 Å². The minimum absolute atomic E-state index is 0.426. The van der Waals surface area contributed by atoms with Crippen molar-refractivity contribution in [2.45, 2.75) is 19.2 Å². The van der Waals surface area contributed by atoms with Crippen LogP contribution in [-0.2, 0) is 6.42 Å². The zero-order valence-electron chi connectivity index (χ0n) is 8.52. The summed E-state index contributed by atoms with van der Waals surface area (Å²) in [5.41, 5.74) is -3.15. The van der Waals surface area contributed by atoms with Crippen LogP contribution in [0.2, 0.25) is 0 Å². The van der Waals surface area contributed by atoms with Crippen molar-refractivity contribution >= 4 is 0 Å². The molecule has 18 heavy (non-hydrogen) atoms. The van der Waals surface area contributed by atoms with Crippen molar-refractivity contribution < 1.29 is 26.7 Å². The fourth-order valence-corrected chi connectivity index (χ4v) is 1.18. The molecule has 0 amide bonds. The van der Waals surface area contributed by atoms with Gasteiger partial charge < -0.3 is 9.72 Å². The number of pyridine rings is 1. The number of aromatic amines is 1. The second kappa shape index (κ2) is 5.03. The van der Waals surface area contributed by atoms with E-state index in [9.17, 15) is 26.7 Å². The third kappa shape index (κ3) is 3.19. The summed E-state index contributed by atoms with van der Waals surface area (Å²) < 4.78 is 64.1. The van der Waals surface area contributed by atoms with Gasteiger partial charge in [-0.3, -0.25) is 4.79 Å². The van der Waals surface area contributed by atoms with E-state index in [1.807, 2.05) is 0 Å². The third-order valence-electron chi connectivity index (χ3n) is 1.88. The average molecular weight is 268 g/mol. The molecule has 0 aliphatic heterocycles. The largest absolute Gasteiger partial charge is 0.574 e. The van der Waals surface area contributed by atoms with Crippen LogP contribution < -0.4 is 10.2 Å². The predicted octanol–water partition coefficient (Wildman–Crippen LogP) is 2.28. The van der Waals surface area contributed by atoms with Crippen molar-refractivity contribution in [2.24, 2.45) is 0 Å². The van der Waals surface area contributed by atoms with Crippen molar-refractivity contribution in [1.82, 2.24) is 4.98 Å². The van der Waals surface area contributed by atoms with E-state index in [1.165, 1.54) is 6.07 Å². The van der Waals surface area contributed by atoms with Crippen LogP contribution in [0.25, 0.3) is 0 Å². The van der Waals surface area contributed by atoms with Crippen molar-refractivity contribution in [3.8, 4) is 11.9 Å². The summed E-state index contributed by atoms with van der Waals surface area (Å²) in [5.74, 6) is -1.06. The van der Waals surface area contributed by atoms with Crippen LogP contribution in [0.15, 0.2) is 11.0 Å². The van der Waals surface area contributed by atoms with Gasteiger partial charge in [-0.25, -0.2) is 8.78 Å². The normalized spacial score (nSPS) is 11.4. The van der Waals surface area contributed by atoms with E-state index in [2.05, 4.69) is 4.74 Å². The predicted molar refractivity (Wildman–Crippen MR) is 48.0 cm³/mol. The minimum Gasteiger partial charge on any atom is -0.389 e. The first-order valence-corrected chi connectivity index (χ1v) is 4.41. The highest BCUT2D eigenvalue weighted by molar-refractivity contribution is 5.33. The molecule has 0 fully saturated rings. The molecule has 1 aromatic heterocycles. The summed E-state index contributed by atoms with van der Waals surface area (Å²) in [5, 5.41) is 8.37. The van der Waals surface area contributed by atoms with Gasteiger partial charge >= 0.3 is 6.36 Å². The maximum atomic E-state index is 12.4. The van der Waals surface area contributed by atoms with Crippen LogP contribution in [0.1, 0.15) is 17.6 Å². The number of alkyl halides is 5. The number of rotatable bonds is 3. The van der Waals surface area contributed by atoms with E-state index >= 15 is 0 Å². The van der Waals surface area contributed by atoms with Gasteiger partial charge in [0.15, 0.2) is 5.43 Å². The van der Waals surface area contributed by atoms with E-state index < -0.39 is 41.6 Å². The first-order chi connectivity index (χ1) is 8.26. The molecule has 0 aliphatic rings. The van der Waals surface area contributed by atoms with E-state index in [0.717, 1.165) is 0 Å². The zero-order valence-corrected chi connectivity index (χ0v) is 8.52. The number of nitriles is 1. The van der Waals surface area contributed by atoms with Crippen LogP contribution in [0.4, 0.5) is 22.0 Å². The summed E-state index contributed by atoms with van der Waals surface area (Å²) in [6.07, 6.45) is -8.61. The summed E-state index contributed by atoms with van der Waals surface area (Å²) in [7, 11) is 0. The molecule has 0 spiro atoms. The quantitative estimate of drug-likeness (QED) is 0.855. The highest BCUT2D eigenvalue weighted by atomic mass is 19.4. The fourth-order valence-electron chi connectivity index (χ4n) is 1.18. The lowest BCUT2D eigenvalue weighted by atomic mass is 10.1. The molecule has 1 N–H and O–H groups in total. The molecule has 0 radical (unpaired) electrons. The molecular formula is C9H5F5N2O2. The molecule has 0 aromatic carbocycles. The molecule has 9 heteroatoms. The van der Waals surface area contributed by atoms with E-state index in [4.69, 9.17) is 5.26 Å². The first kappa shape index (κ1) is 14.0. The fraction of sp³-hybridized carbons (Fsp3) is 0.333. The number of H-pyrrole nitrogens is 1. The van der Waals surface area contributed by atoms with Crippen LogP contribution >= 0.6 is 0 Å². The Morgan fingerprint density at radius 1 is 1.44 bits per heavy atom. The SMILES string of the molecule is N#CCc1c(OC(F)(F)F)[nH]cc(C(F)F)c1=O. The Labute approximate surface area is 96.6 Å². The van der Waals surface area contributed by atoms with Gasteiger partial charge in [0.1, 0.15) is 0 Å². The van der Waals surface area contributed by atoms with Crippen molar-refractivity contribution in [3.63, 3.8) is 0 Å². The molecule has 1 heterocycles. The Morgan fingerprint density at radius 3 is 2.50 bits per heavy atom. The van der Waals surface area contributed by atoms with E-state index in [-0.39, 0.29) is 0 Å². The number of nitrogens with zero attached hydrogens (tertiary/aromatic N) is 1. The average Bonchev–Trinajstić information content (AvgIpc) is 2.21. The molecule has 4 nitrogen and oxygen atoms in total. The standard InChI is InChI=1S/C9H5F5N2O2/c10-7(11)5-3-16-8(18-9(12,13)14)4(1-2-15)6(5)17/h3,7H,1H2,(H,16,17). The molecule has 0 saturated heterocycles. The summed E-state index contributed by atoms with van der Waals surface area (Å²) in [6, 6.07) is 1.40. The Morgan fingerprint density at radius 2 is 2.06 bits per heavy atom. The smallest absolute Gasteiger partial charge is 0.389 e. The van der Waals surface area contributed by atoms with Crippen molar-refractivity contribution in [1.29, 1.82) is 5.26 Å². The lowest BCUT2D eigenvalue weighted by Crippen LogP contribution is -2.23. The van der Waals surface area contributed by atoms with Gasteiger partial charge in [0, 0.05) is 6.20 Å². The molecule has 0 bridgehead atoms. The highest BCUT2D eigenvalue weighted by Crippen LogP contribution is 2.24. The topological polar surface area (TPSA) is 65.9 Å². The Kier molecular flexibility index (Phi) is 3.90. The number of hydrogen-bond donors (Lipinski definition) is 1. The molecule has 1 rings (SSSR count). The first-order valence-electron chi connectivity index (χ1n) is 4.41. The van der Waals surface area contributed by atoms with Crippen LogP contribution in [0, 0.1) is 11.3 Å². The lowest BCUT2D eigenvalue weighted by Gasteiger charge is -2.12. The molecule has 98 valence electrons. The molecule has 0 saturated carbocycles. The second-order valence-electron chi connectivity index (χ2n) is 3.06. The van der Waals surface area contributed by atoms with Gasteiger partial charge in [0.25, 0.3) is 6.43 Å².